The lowest BCUT2D eigenvalue weighted by Crippen LogP contribution is -2.26. The average Bonchev–Trinajstić information content (AvgIpc) is 2.20. The molecular weight excluding hydrogens is 198 g/mol. The predicted molar refractivity (Wildman–Crippen MR) is 59.9 cm³/mol. The highest BCUT2D eigenvalue weighted by molar-refractivity contribution is 5.85. The van der Waals surface area contributed by atoms with Crippen LogP contribution in [-0.2, 0) is 0 Å². The Balaban J connectivity index is 0.000000980. The number of benzene rings is 1. The van der Waals surface area contributed by atoms with Gasteiger partial charge in [-0.1, -0.05) is 24.6 Å². The average molecular weight is 214 g/mol. The summed E-state index contributed by atoms with van der Waals surface area (Å²) in [5, 5.41) is 13.0. The minimum atomic E-state index is 0. The van der Waals surface area contributed by atoms with E-state index in [2.05, 4.69) is 5.32 Å². The number of hydrogen-bond acceptors (Lipinski definition) is 2. The van der Waals surface area contributed by atoms with E-state index in [0.29, 0.717) is 11.8 Å². The van der Waals surface area contributed by atoms with Gasteiger partial charge in [0.25, 0.3) is 0 Å². The Morgan fingerprint density at radius 2 is 2.00 bits per heavy atom. The van der Waals surface area contributed by atoms with Gasteiger partial charge < -0.3 is 10.4 Å². The first-order valence-corrected chi connectivity index (χ1v) is 4.89. The van der Waals surface area contributed by atoms with Crippen LogP contribution in [0.25, 0.3) is 0 Å². The number of hydrogen-bond donors (Lipinski definition) is 2. The summed E-state index contributed by atoms with van der Waals surface area (Å²) in [6, 6.07) is 7.95. The fourth-order valence-corrected chi connectivity index (χ4v) is 1.90. The molecule has 0 aromatic heterocycles. The van der Waals surface area contributed by atoms with Gasteiger partial charge in [-0.15, -0.1) is 12.4 Å². The normalized spacial score (nSPS) is 21.3. The van der Waals surface area contributed by atoms with Gasteiger partial charge in [-0.3, -0.25) is 0 Å². The fraction of sp³-hybridized carbons (Fsp3) is 0.455. The smallest absolute Gasteiger partial charge is 0.120 e. The number of aromatic hydroxyl groups is 1. The van der Waals surface area contributed by atoms with E-state index in [4.69, 9.17) is 0 Å². The Labute approximate surface area is 90.7 Å². The molecule has 1 heterocycles. The van der Waals surface area contributed by atoms with Crippen molar-refractivity contribution in [2.24, 2.45) is 0 Å². The van der Waals surface area contributed by atoms with Crippen molar-refractivity contribution in [3.63, 3.8) is 0 Å². The Morgan fingerprint density at radius 1 is 1.21 bits per heavy atom. The lowest BCUT2D eigenvalue weighted by atomic mass is 9.97. The van der Waals surface area contributed by atoms with E-state index < -0.39 is 0 Å². The molecule has 2 N–H and O–H groups in total. The molecule has 1 saturated heterocycles. The minimum Gasteiger partial charge on any atom is -0.508 e. The van der Waals surface area contributed by atoms with Gasteiger partial charge in [-0.25, -0.2) is 0 Å². The second kappa shape index (κ2) is 5.23. The molecule has 1 aliphatic heterocycles. The third kappa shape index (κ3) is 2.40. The molecule has 1 aliphatic rings. The fourth-order valence-electron chi connectivity index (χ4n) is 1.90. The van der Waals surface area contributed by atoms with E-state index in [1.54, 1.807) is 6.07 Å². The molecule has 78 valence electrons. The van der Waals surface area contributed by atoms with Crippen molar-refractivity contribution in [1.82, 2.24) is 5.32 Å². The van der Waals surface area contributed by atoms with Gasteiger partial charge in [0.05, 0.1) is 0 Å². The first kappa shape index (κ1) is 11.3. The number of nitrogens with one attached hydrogen (secondary N) is 1. The van der Waals surface area contributed by atoms with Crippen molar-refractivity contribution < 1.29 is 5.11 Å². The van der Waals surface area contributed by atoms with Crippen LogP contribution in [0.4, 0.5) is 0 Å². The third-order valence-corrected chi connectivity index (χ3v) is 2.62. The van der Waals surface area contributed by atoms with Crippen LogP contribution < -0.4 is 5.32 Å². The van der Waals surface area contributed by atoms with Crippen molar-refractivity contribution in [1.29, 1.82) is 0 Å². The zero-order valence-corrected chi connectivity index (χ0v) is 8.89. The number of piperidine rings is 1. The first-order valence-electron chi connectivity index (χ1n) is 4.89. The van der Waals surface area contributed by atoms with Crippen molar-refractivity contribution in [3.8, 4) is 5.75 Å². The summed E-state index contributed by atoms with van der Waals surface area (Å²) < 4.78 is 0. The van der Waals surface area contributed by atoms with Crippen LogP contribution >= 0.6 is 12.4 Å². The van der Waals surface area contributed by atoms with Crippen LogP contribution in [0, 0.1) is 0 Å². The zero-order valence-electron chi connectivity index (χ0n) is 8.07. The molecule has 2 rings (SSSR count). The van der Waals surface area contributed by atoms with Crippen molar-refractivity contribution >= 4 is 12.4 Å². The molecule has 0 radical (unpaired) electrons. The number of rotatable bonds is 1. The van der Waals surface area contributed by atoms with Crippen LogP contribution in [0.5, 0.6) is 5.75 Å². The summed E-state index contributed by atoms with van der Waals surface area (Å²) in [4.78, 5) is 0. The first-order chi connectivity index (χ1) is 6.38. The number of para-hydroxylation sites is 1. The molecule has 1 aromatic rings. The van der Waals surface area contributed by atoms with Gasteiger partial charge in [-0.2, -0.15) is 0 Å². The van der Waals surface area contributed by atoms with Gasteiger partial charge in [-0.05, 0) is 25.5 Å². The standard InChI is InChI=1S/C11H15NO.ClH/c13-11-7-2-1-5-9(11)10-6-3-4-8-12-10;/h1-2,5,7,10,12-13H,3-4,6,8H2;1H/t10-;/m1./s1. The monoisotopic (exact) mass is 213 g/mol. The summed E-state index contributed by atoms with van der Waals surface area (Å²) in [6.45, 7) is 1.07. The number of halogens is 1. The third-order valence-electron chi connectivity index (χ3n) is 2.62. The second-order valence-corrected chi connectivity index (χ2v) is 3.56. The van der Waals surface area contributed by atoms with Gasteiger partial charge in [0.2, 0.25) is 0 Å². The van der Waals surface area contributed by atoms with Gasteiger partial charge in [0.15, 0.2) is 0 Å². The van der Waals surface area contributed by atoms with E-state index in [0.717, 1.165) is 18.5 Å². The molecule has 2 nitrogen and oxygen atoms in total. The Kier molecular flexibility index (Phi) is 4.23. The summed E-state index contributed by atoms with van der Waals surface area (Å²) in [7, 11) is 0. The van der Waals surface area contributed by atoms with Crippen molar-refractivity contribution in [3.05, 3.63) is 29.8 Å². The van der Waals surface area contributed by atoms with E-state index in [1.165, 1.54) is 12.8 Å². The maximum atomic E-state index is 9.62. The molecule has 1 atom stereocenters. The Hall–Kier alpha value is -0.730. The second-order valence-electron chi connectivity index (χ2n) is 3.56. The van der Waals surface area contributed by atoms with E-state index in [1.807, 2.05) is 18.2 Å². The van der Waals surface area contributed by atoms with Crippen LogP contribution in [0.2, 0.25) is 0 Å². The lowest BCUT2D eigenvalue weighted by Gasteiger charge is -2.24. The molecule has 0 unspecified atom stereocenters. The maximum absolute atomic E-state index is 9.62. The SMILES string of the molecule is Cl.Oc1ccccc1[C@H]1CCCCN1. The molecule has 3 heteroatoms. The summed E-state index contributed by atoms with van der Waals surface area (Å²) in [5.74, 6) is 0.418. The van der Waals surface area contributed by atoms with Crippen molar-refractivity contribution in [2.75, 3.05) is 6.54 Å². The molecule has 0 saturated carbocycles. The van der Waals surface area contributed by atoms with E-state index in [-0.39, 0.29) is 12.4 Å². The minimum absolute atomic E-state index is 0. The van der Waals surface area contributed by atoms with Crippen LogP contribution in [-0.4, -0.2) is 11.7 Å². The van der Waals surface area contributed by atoms with Crippen LogP contribution in [0.1, 0.15) is 30.9 Å². The molecule has 1 aromatic carbocycles. The molecule has 0 aliphatic carbocycles. The highest BCUT2D eigenvalue weighted by Crippen LogP contribution is 2.28. The molecule has 0 amide bonds. The van der Waals surface area contributed by atoms with E-state index >= 15 is 0 Å². The van der Waals surface area contributed by atoms with Crippen LogP contribution in [0.3, 0.4) is 0 Å². The molecule has 0 bridgehead atoms. The maximum Gasteiger partial charge on any atom is 0.120 e. The van der Waals surface area contributed by atoms with Gasteiger partial charge in [0.1, 0.15) is 5.75 Å². The highest BCUT2D eigenvalue weighted by atomic mass is 35.5. The molecule has 0 spiro atoms. The molecule has 14 heavy (non-hydrogen) atoms. The van der Waals surface area contributed by atoms with Crippen LogP contribution in [0.15, 0.2) is 24.3 Å². The van der Waals surface area contributed by atoms with Crippen molar-refractivity contribution in [2.45, 2.75) is 25.3 Å². The van der Waals surface area contributed by atoms with Gasteiger partial charge in [0, 0.05) is 11.6 Å². The topological polar surface area (TPSA) is 32.3 Å². The predicted octanol–water partition coefficient (Wildman–Crippen LogP) is 2.63. The largest absolute Gasteiger partial charge is 0.508 e. The highest BCUT2D eigenvalue weighted by Gasteiger charge is 2.16. The zero-order chi connectivity index (χ0) is 9.10. The number of phenols is 1. The lowest BCUT2D eigenvalue weighted by molar-refractivity contribution is 0.391. The van der Waals surface area contributed by atoms with Gasteiger partial charge >= 0.3 is 0 Å². The number of phenolic OH excluding ortho intramolecular Hbond substituents is 1. The molecular formula is C11H16ClNO. The molecule has 1 fully saturated rings. The summed E-state index contributed by atoms with van der Waals surface area (Å²) in [5.41, 5.74) is 1.04. The Bertz CT molecular complexity index is 284. The quantitative estimate of drug-likeness (QED) is 0.752. The Morgan fingerprint density at radius 3 is 2.64 bits per heavy atom. The van der Waals surface area contributed by atoms with E-state index in [9.17, 15) is 5.11 Å². The summed E-state index contributed by atoms with van der Waals surface area (Å²) in [6.07, 6.45) is 3.65. The summed E-state index contributed by atoms with van der Waals surface area (Å²) >= 11 is 0.